The molecule has 1 aromatic heterocycles. The van der Waals surface area contributed by atoms with E-state index in [9.17, 15) is 4.79 Å². The van der Waals surface area contributed by atoms with Crippen LogP contribution < -0.4 is 5.32 Å². The first-order chi connectivity index (χ1) is 8.98. The van der Waals surface area contributed by atoms with E-state index in [-0.39, 0.29) is 18.1 Å². The van der Waals surface area contributed by atoms with E-state index in [4.69, 9.17) is 4.74 Å². The number of carbonyl (C=O) groups is 1. The molecule has 6 heteroatoms. The summed E-state index contributed by atoms with van der Waals surface area (Å²) in [4.78, 5) is 13.9. The molecule has 19 heavy (non-hydrogen) atoms. The number of hydrogen-bond acceptors (Lipinski definition) is 4. The van der Waals surface area contributed by atoms with Gasteiger partial charge in [0.1, 0.15) is 6.61 Å². The van der Waals surface area contributed by atoms with E-state index >= 15 is 0 Å². The zero-order valence-electron chi connectivity index (χ0n) is 11.8. The number of amides is 1. The summed E-state index contributed by atoms with van der Waals surface area (Å²) in [5.41, 5.74) is 0.948. The molecule has 0 radical (unpaired) electrons. The van der Waals surface area contributed by atoms with Crippen molar-refractivity contribution in [1.29, 1.82) is 0 Å². The van der Waals surface area contributed by atoms with Crippen molar-refractivity contribution in [1.82, 2.24) is 20.0 Å². The molecule has 1 aromatic rings. The van der Waals surface area contributed by atoms with E-state index in [0.717, 1.165) is 25.3 Å². The third-order valence-corrected chi connectivity index (χ3v) is 3.32. The molecule has 2 heterocycles. The third kappa shape index (κ3) is 3.78. The van der Waals surface area contributed by atoms with Gasteiger partial charge in [-0.05, 0) is 19.9 Å². The van der Waals surface area contributed by atoms with Gasteiger partial charge in [0.05, 0.1) is 12.3 Å². The first-order valence-electron chi connectivity index (χ1n) is 6.55. The number of aromatic nitrogens is 2. The maximum Gasteiger partial charge on any atom is 0.248 e. The highest BCUT2D eigenvalue weighted by Crippen LogP contribution is 2.10. The maximum atomic E-state index is 12.1. The summed E-state index contributed by atoms with van der Waals surface area (Å²) in [7, 11) is 1.86. The van der Waals surface area contributed by atoms with E-state index in [1.54, 1.807) is 10.9 Å². The Morgan fingerprint density at radius 1 is 1.58 bits per heavy atom. The molecule has 2 rings (SSSR count). The lowest BCUT2D eigenvalue weighted by molar-refractivity contribution is -0.138. The number of hydrogen-bond donors (Lipinski definition) is 1. The van der Waals surface area contributed by atoms with Crippen molar-refractivity contribution in [2.75, 3.05) is 26.2 Å². The fraction of sp³-hybridized carbons (Fsp3) is 0.692. The Bertz CT molecular complexity index is 442. The molecule has 0 atom stereocenters. The topological polar surface area (TPSA) is 59.4 Å². The Labute approximate surface area is 113 Å². The van der Waals surface area contributed by atoms with Gasteiger partial charge in [-0.2, -0.15) is 5.10 Å². The highest BCUT2D eigenvalue weighted by molar-refractivity contribution is 5.77. The number of carbonyl (C=O) groups excluding carboxylic acids is 1. The predicted octanol–water partition coefficient (Wildman–Crippen LogP) is 0.147. The molecule has 0 unspecified atom stereocenters. The fourth-order valence-corrected chi connectivity index (χ4v) is 2.23. The van der Waals surface area contributed by atoms with Gasteiger partial charge in [-0.1, -0.05) is 0 Å². The van der Waals surface area contributed by atoms with Crippen molar-refractivity contribution in [2.45, 2.75) is 26.0 Å². The predicted molar refractivity (Wildman–Crippen MR) is 71.5 cm³/mol. The molecular formula is C13H22N4O2. The average Bonchev–Trinajstić information content (AvgIpc) is 2.74. The number of aryl methyl sites for hydroxylation is 1. The molecule has 1 aliphatic rings. The maximum absolute atomic E-state index is 12.1. The molecule has 1 aliphatic heterocycles. The Kier molecular flexibility index (Phi) is 4.21. The molecule has 0 bridgehead atoms. The summed E-state index contributed by atoms with van der Waals surface area (Å²) in [5.74, 6) is 0.0525. The van der Waals surface area contributed by atoms with Crippen molar-refractivity contribution in [3.05, 3.63) is 18.0 Å². The Balaban J connectivity index is 1.77. The summed E-state index contributed by atoms with van der Waals surface area (Å²) in [5, 5.41) is 7.44. The standard InChI is InChI=1S/C13H22N4O2/c1-13(2)10-17(7-6-14-13)12(18)9-19-8-11-4-5-15-16(11)3/h4-5,14H,6-10H2,1-3H3. The van der Waals surface area contributed by atoms with Crippen LogP contribution in [-0.2, 0) is 23.2 Å². The van der Waals surface area contributed by atoms with Gasteiger partial charge in [0.25, 0.3) is 0 Å². The second kappa shape index (κ2) is 5.71. The van der Waals surface area contributed by atoms with Gasteiger partial charge in [-0.25, -0.2) is 0 Å². The normalized spacial score (nSPS) is 18.6. The van der Waals surface area contributed by atoms with Gasteiger partial charge >= 0.3 is 0 Å². The van der Waals surface area contributed by atoms with Crippen molar-refractivity contribution < 1.29 is 9.53 Å². The number of ether oxygens (including phenoxy) is 1. The van der Waals surface area contributed by atoms with Crippen molar-refractivity contribution in [3.8, 4) is 0 Å². The smallest absolute Gasteiger partial charge is 0.248 e. The van der Waals surface area contributed by atoms with Crippen LogP contribution in [0.25, 0.3) is 0 Å². The number of piperazine rings is 1. The molecule has 106 valence electrons. The summed E-state index contributed by atoms with van der Waals surface area (Å²) >= 11 is 0. The monoisotopic (exact) mass is 266 g/mol. The average molecular weight is 266 g/mol. The quantitative estimate of drug-likeness (QED) is 0.842. The summed E-state index contributed by atoms with van der Waals surface area (Å²) in [6.07, 6.45) is 1.72. The van der Waals surface area contributed by atoms with Gasteiger partial charge in [0, 0.05) is 38.4 Å². The number of rotatable bonds is 4. The minimum atomic E-state index is -0.0179. The molecule has 0 spiro atoms. The molecule has 1 fully saturated rings. The van der Waals surface area contributed by atoms with Crippen LogP contribution in [0.15, 0.2) is 12.3 Å². The van der Waals surface area contributed by atoms with E-state index in [2.05, 4.69) is 24.3 Å². The van der Waals surface area contributed by atoms with Gasteiger partial charge in [-0.3, -0.25) is 9.48 Å². The Morgan fingerprint density at radius 3 is 3.00 bits per heavy atom. The lowest BCUT2D eigenvalue weighted by Gasteiger charge is -2.39. The van der Waals surface area contributed by atoms with E-state index in [1.807, 2.05) is 18.0 Å². The molecule has 0 aliphatic carbocycles. The molecule has 1 saturated heterocycles. The van der Waals surface area contributed by atoms with Gasteiger partial charge in [-0.15, -0.1) is 0 Å². The Morgan fingerprint density at radius 2 is 2.37 bits per heavy atom. The minimum Gasteiger partial charge on any atom is -0.365 e. The van der Waals surface area contributed by atoms with Gasteiger partial charge in [0.15, 0.2) is 0 Å². The Hall–Kier alpha value is -1.40. The highest BCUT2D eigenvalue weighted by atomic mass is 16.5. The van der Waals surface area contributed by atoms with Crippen LogP contribution in [0.3, 0.4) is 0 Å². The van der Waals surface area contributed by atoms with Crippen LogP contribution in [0.4, 0.5) is 0 Å². The SMILES string of the molecule is Cn1nccc1COCC(=O)N1CCNC(C)(C)C1. The van der Waals surface area contributed by atoms with Gasteiger partial charge < -0.3 is 15.0 Å². The van der Waals surface area contributed by atoms with Crippen LogP contribution in [-0.4, -0.2) is 52.4 Å². The van der Waals surface area contributed by atoms with Crippen LogP contribution in [0.5, 0.6) is 0 Å². The van der Waals surface area contributed by atoms with Crippen LogP contribution >= 0.6 is 0 Å². The van der Waals surface area contributed by atoms with Crippen molar-refractivity contribution in [2.24, 2.45) is 7.05 Å². The minimum absolute atomic E-state index is 0.0179. The lowest BCUT2D eigenvalue weighted by Crippen LogP contribution is -2.58. The highest BCUT2D eigenvalue weighted by Gasteiger charge is 2.28. The number of nitrogens with one attached hydrogen (secondary N) is 1. The zero-order valence-corrected chi connectivity index (χ0v) is 11.8. The number of nitrogens with zero attached hydrogens (tertiary/aromatic N) is 3. The molecule has 6 nitrogen and oxygen atoms in total. The summed E-state index contributed by atoms with van der Waals surface area (Å²) in [6.45, 7) is 7.05. The first kappa shape index (κ1) is 14.0. The first-order valence-corrected chi connectivity index (χ1v) is 6.55. The van der Waals surface area contributed by atoms with E-state index < -0.39 is 0 Å². The fourth-order valence-electron chi connectivity index (χ4n) is 2.23. The zero-order chi connectivity index (χ0) is 13.9. The van der Waals surface area contributed by atoms with Crippen LogP contribution in [0, 0.1) is 0 Å². The van der Waals surface area contributed by atoms with Gasteiger partial charge in [0.2, 0.25) is 5.91 Å². The summed E-state index contributed by atoms with van der Waals surface area (Å²) in [6, 6.07) is 1.89. The van der Waals surface area contributed by atoms with E-state index in [0.29, 0.717) is 6.61 Å². The van der Waals surface area contributed by atoms with Crippen molar-refractivity contribution >= 4 is 5.91 Å². The second-order valence-electron chi connectivity index (χ2n) is 5.56. The molecule has 1 N–H and O–H groups in total. The second-order valence-corrected chi connectivity index (χ2v) is 5.56. The summed E-state index contributed by atoms with van der Waals surface area (Å²) < 4.78 is 7.22. The van der Waals surface area contributed by atoms with Crippen molar-refractivity contribution in [3.63, 3.8) is 0 Å². The molecular weight excluding hydrogens is 244 g/mol. The molecule has 0 saturated carbocycles. The molecule has 0 aromatic carbocycles. The third-order valence-electron chi connectivity index (χ3n) is 3.32. The van der Waals surface area contributed by atoms with Crippen LogP contribution in [0.1, 0.15) is 19.5 Å². The van der Waals surface area contributed by atoms with Crippen LogP contribution in [0.2, 0.25) is 0 Å². The van der Waals surface area contributed by atoms with E-state index in [1.165, 1.54) is 0 Å². The largest absolute Gasteiger partial charge is 0.365 e. The molecule has 1 amide bonds. The lowest BCUT2D eigenvalue weighted by atomic mass is 10.0.